The molecular weight excluding hydrogens is 386 g/mol. The normalized spacial score (nSPS) is 13.3. The van der Waals surface area contributed by atoms with Crippen molar-refractivity contribution < 1.29 is 4.79 Å². The summed E-state index contributed by atoms with van der Waals surface area (Å²) < 4.78 is 1.80. The third kappa shape index (κ3) is 4.26. The molecule has 1 fully saturated rings. The Morgan fingerprint density at radius 1 is 0.935 bits per heavy atom. The second-order valence-corrected chi connectivity index (χ2v) is 8.06. The van der Waals surface area contributed by atoms with Crippen LogP contribution in [0.25, 0.3) is 10.9 Å². The second kappa shape index (κ2) is 8.19. The summed E-state index contributed by atoms with van der Waals surface area (Å²) in [5.41, 5.74) is 3.24. The lowest BCUT2D eigenvalue weighted by Gasteiger charge is -2.14. The van der Waals surface area contributed by atoms with E-state index in [9.17, 15) is 9.59 Å². The van der Waals surface area contributed by atoms with Crippen LogP contribution in [0.1, 0.15) is 35.7 Å². The molecule has 0 aliphatic heterocycles. The summed E-state index contributed by atoms with van der Waals surface area (Å²) >= 11 is 0. The van der Waals surface area contributed by atoms with Gasteiger partial charge in [-0.1, -0.05) is 60.7 Å². The molecule has 4 aromatic rings. The van der Waals surface area contributed by atoms with Crippen LogP contribution in [-0.4, -0.2) is 15.5 Å². The fraction of sp³-hybridized carbons (Fsp3) is 0.192. The highest BCUT2D eigenvalue weighted by Gasteiger charge is 2.29. The summed E-state index contributed by atoms with van der Waals surface area (Å²) in [6.07, 6.45) is 2.43. The van der Waals surface area contributed by atoms with E-state index in [1.807, 2.05) is 72.8 Å². The predicted octanol–water partition coefficient (Wildman–Crippen LogP) is 4.50. The molecule has 31 heavy (non-hydrogen) atoms. The van der Waals surface area contributed by atoms with Gasteiger partial charge in [0.15, 0.2) is 0 Å². The molecule has 0 unspecified atom stereocenters. The van der Waals surface area contributed by atoms with Crippen LogP contribution in [0.3, 0.4) is 0 Å². The van der Waals surface area contributed by atoms with E-state index in [1.165, 1.54) is 0 Å². The molecule has 0 saturated heterocycles. The quantitative estimate of drug-likeness (QED) is 0.510. The Kier molecular flexibility index (Phi) is 5.08. The summed E-state index contributed by atoms with van der Waals surface area (Å²) in [6.45, 7) is 0.499. The maximum absolute atomic E-state index is 13.4. The summed E-state index contributed by atoms with van der Waals surface area (Å²) in [4.78, 5) is 30.7. The van der Waals surface area contributed by atoms with Crippen molar-refractivity contribution >= 4 is 22.5 Å². The maximum atomic E-state index is 13.4. The Morgan fingerprint density at radius 2 is 1.61 bits per heavy atom. The fourth-order valence-electron chi connectivity index (χ4n) is 3.87. The van der Waals surface area contributed by atoms with Crippen LogP contribution in [0.5, 0.6) is 0 Å². The first kappa shape index (κ1) is 19.2. The van der Waals surface area contributed by atoms with Gasteiger partial charge in [0.25, 0.3) is 5.56 Å². The number of rotatable bonds is 6. The number of nitrogens with one attached hydrogen (secondary N) is 1. The van der Waals surface area contributed by atoms with Crippen molar-refractivity contribution in [2.24, 2.45) is 0 Å². The first-order valence-corrected chi connectivity index (χ1v) is 10.6. The summed E-state index contributed by atoms with van der Waals surface area (Å²) in [5, 5.41) is 3.44. The standard InChI is InChI=1S/C26H23N3O2/c30-24(15-18-7-3-1-4-8-18)27-21-13-14-23-22(16-21)26(31)29(25(28-23)20-11-12-20)17-19-9-5-2-6-10-19/h1-10,13-14,16,20H,11-12,15,17H2,(H,27,30). The molecule has 5 heteroatoms. The van der Waals surface area contributed by atoms with E-state index in [-0.39, 0.29) is 17.9 Å². The Bertz CT molecular complexity index is 1290. The van der Waals surface area contributed by atoms with Gasteiger partial charge in [0, 0.05) is 11.6 Å². The Hall–Kier alpha value is -3.73. The molecule has 3 aromatic carbocycles. The van der Waals surface area contributed by atoms with Crippen LogP contribution in [0.4, 0.5) is 5.69 Å². The van der Waals surface area contributed by atoms with Crippen LogP contribution < -0.4 is 10.9 Å². The number of anilines is 1. The number of hydrogen-bond donors (Lipinski definition) is 1. The largest absolute Gasteiger partial charge is 0.326 e. The van der Waals surface area contributed by atoms with Crippen LogP contribution in [0, 0.1) is 0 Å². The zero-order valence-corrected chi connectivity index (χ0v) is 17.1. The fourth-order valence-corrected chi connectivity index (χ4v) is 3.87. The minimum atomic E-state index is -0.113. The molecule has 0 radical (unpaired) electrons. The Labute approximate surface area is 180 Å². The zero-order valence-electron chi connectivity index (χ0n) is 17.1. The van der Waals surface area contributed by atoms with Gasteiger partial charge < -0.3 is 5.32 Å². The molecular formula is C26H23N3O2. The molecule has 1 aromatic heterocycles. The molecule has 5 nitrogen and oxygen atoms in total. The summed E-state index contributed by atoms with van der Waals surface area (Å²) in [7, 11) is 0. The van der Waals surface area contributed by atoms with Crippen molar-refractivity contribution in [2.45, 2.75) is 31.7 Å². The van der Waals surface area contributed by atoms with E-state index in [4.69, 9.17) is 4.98 Å². The average molecular weight is 409 g/mol. The van der Waals surface area contributed by atoms with Crippen LogP contribution in [-0.2, 0) is 17.8 Å². The number of amides is 1. The predicted molar refractivity (Wildman–Crippen MR) is 122 cm³/mol. The van der Waals surface area contributed by atoms with Crippen molar-refractivity contribution in [3.05, 3.63) is 106 Å². The number of carbonyl (C=O) groups is 1. The number of benzene rings is 3. The molecule has 1 amide bonds. The van der Waals surface area contributed by atoms with Gasteiger partial charge in [-0.2, -0.15) is 0 Å². The van der Waals surface area contributed by atoms with Crippen molar-refractivity contribution in [1.82, 2.24) is 9.55 Å². The van der Waals surface area contributed by atoms with Crippen molar-refractivity contribution in [2.75, 3.05) is 5.32 Å². The van der Waals surface area contributed by atoms with Crippen LogP contribution in [0.2, 0.25) is 0 Å². The number of aromatic nitrogens is 2. The number of carbonyl (C=O) groups excluding carboxylic acids is 1. The molecule has 0 atom stereocenters. The van der Waals surface area contributed by atoms with Gasteiger partial charge in [0.2, 0.25) is 5.91 Å². The number of fused-ring (bicyclic) bond motifs is 1. The maximum Gasteiger partial charge on any atom is 0.261 e. The minimum absolute atomic E-state index is 0.0603. The van der Waals surface area contributed by atoms with Gasteiger partial charge in [-0.25, -0.2) is 4.98 Å². The number of nitrogens with zero attached hydrogens (tertiary/aromatic N) is 2. The highest BCUT2D eigenvalue weighted by Crippen LogP contribution is 2.39. The smallest absolute Gasteiger partial charge is 0.261 e. The average Bonchev–Trinajstić information content (AvgIpc) is 3.63. The lowest BCUT2D eigenvalue weighted by Crippen LogP contribution is -2.26. The van der Waals surface area contributed by atoms with Crippen molar-refractivity contribution in [1.29, 1.82) is 0 Å². The summed E-state index contributed by atoms with van der Waals surface area (Å²) in [6, 6.07) is 24.9. The highest BCUT2D eigenvalue weighted by molar-refractivity contribution is 5.94. The lowest BCUT2D eigenvalue weighted by atomic mass is 10.1. The first-order valence-electron chi connectivity index (χ1n) is 10.6. The molecule has 5 rings (SSSR count). The van der Waals surface area contributed by atoms with Gasteiger partial charge in [-0.15, -0.1) is 0 Å². The van der Waals surface area contributed by atoms with Crippen LogP contribution in [0.15, 0.2) is 83.7 Å². The Morgan fingerprint density at radius 3 is 2.29 bits per heavy atom. The van der Waals surface area contributed by atoms with E-state index < -0.39 is 0 Å². The van der Waals surface area contributed by atoms with Gasteiger partial charge in [0.05, 0.1) is 23.9 Å². The van der Waals surface area contributed by atoms with E-state index in [1.54, 1.807) is 10.6 Å². The monoisotopic (exact) mass is 409 g/mol. The lowest BCUT2D eigenvalue weighted by molar-refractivity contribution is -0.115. The Balaban J connectivity index is 1.47. The highest BCUT2D eigenvalue weighted by atomic mass is 16.1. The number of hydrogen-bond acceptors (Lipinski definition) is 3. The van der Waals surface area contributed by atoms with Gasteiger partial charge >= 0.3 is 0 Å². The van der Waals surface area contributed by atoms with Gasteiger partial charge in [-0.05, 0) is 42.2 Å². The van der Waals surface area contributed by atoms with E-state index in [0.717, 1.165) is 29.8 Å². The zero-order chi connectivity index (χ0) is 21.2. The summed E-state index contributed by atoms with van der Waals surface area (Å²) in [5.74, 6) is 1.10. The van der Waals surface area contributed by atoms with Crippen molar-refractivity contribution in [3.8, 4) is 0 Å². The van der Waals surface area contributed by atoms with Crippen LogP contribution >= 0.6 is 0 Å². The minimum Gasteiger partial charge on any atom is -0.326 e. The molecule has 1 heterocycles. The first-order chi connectivity index (χ1) is 15.2. The molecule has 154 valence electrons. The molecule has 1 aliphatic carbocycles. The third-order valence-electron chi connectivity index (χ3n) is 5.60. The van der Waals surface area contributed by atoms with Gasteiger partial charge in [-0.3, -0.25) is 14.2 Å². The molecule has 1 aliphatic rings. The topological polar surface area (TPSA) is 64.0 Å². The van der Waals surface area contributed by atoms with E-state index in [2.05, 4.69) is 5.32 Å². The second-order valence-electron chi connectivity index (χ2n) is 8.06. The molecule has 1 saturated carbocycles. The SMILES string of the molecule is O=C(Cc1ccccc1)Nc1ccc2nc(C3CC3)n(Cc3ccccc3)c(=O)c2c1. The molecule has 1 N–H and O–H groups in total. The molecule has 0 bridgehead atoms. The van der Waals surface area contributed by atoms with Gasteiger partial charge in [0.1, 0.15) is 5.82 Å². The van der Waals surface area contributed by atoms with E-state index >= 15 is 0 Å². The third-order valence-corrected chi connectivity index (χ3v) is 5.60. The van der Waals surface area contributed by atoms with E-state index in [0.29, 0.717) is 29.1 Å². The molecule has 0 spiro atoms. The van der Waals surface area contributed by atoms with Crippen molar-refractivity contribution in [3.63, 3.8) is 0 Å².